The van der Waals surface area contributed by atoms with E-state index in [1.807, 2.05) is 0 Å². The van der Waals surface area contributed by atoms with Crippen molar-refractivity contribution in [2.45, 2.75) is 26.3 Å². The van der Waals surface area contributed by atoms with Crippen molar-refractivity contribution in [2.24, 2.45) is 0 Å². The van der Waals surface area contributed by atoms with Crippen LogP contribution < -0.4 is 10.6 Å². The van der Waals surface area contributed by atoms with Gasteiger partial charge in [0.2, 0.25) is 0 Å². The lowest BCUT2D eigenvalue weighted by atomic mass is 10.1. The maximum atomic E-state index is 12.6. The summed E-state index contributed by atoms with van der Waals surface area (Å²) >= 11 is 5.80. The molecule has 0 aliphatic carbocycles. The van der Waals surface area contributed by atoms with Crippen LogP contribution in [0.4, 0.5) is 0 Å². The van der Waals surface area contributed by atoms with E-state index in [2.05, 4.69) is 10.6 Å². The number of nitrogens with zero attached hydrogens (tertiary/aromatic N) is 1. The SMILES string of the molecule is CC(C)(C)N1C(=O)c2ccc(C(=O)NCCNC(=O)c3ccc(Cl)cc3)cc2C1=O. The van der Waals surface area contributed by atoms with Crippen molar-refractivity contribution in [1.82, 2.24) is 15.5 Å². The van der Waals surface area contributed by atoms with Crippen molar-refractivity contribution < 1.29 is 19.2 Å². The van der Waals surface area contributed by atoms with Crippen LogP contribution in [0.2, 0.25) is 5.02 Å². The first-order valence-corrected chi connectivity index (χ1v) is 9.82. The van der Waals surface area contributed by atoms with Gasteiger partial charge in [-0.15, -0.1) is 0 Å². The largest absolute Gasteiger partial charge is 0.350 e. The van der Waals surface area contributed by atoms with Gasteiger partial charge in [-0.3, -0.25) is 24.1 Å². The third kappa shape index (κ3) is 4.36. The molecule has 1 aliphatic heterocycles. The second-order valence-corrected chi connectivity index (χ2v) is 8.33. The van der Waals surface area contributed by atoms with E-state index in [9.17, 15) is 19.2 Å². The molecule has 3 rings (SSSR count). The van der Waals surface area contributed by atoms with Crippen LogP contribution in [0, 0.1) is 0 Å². The maximum Gasteiger partial charge on any atom is 0.262 e. The van der Waals surface area contributed by atoms with Crippen LogP contribution in [0.1, 0.15) is 62.2 Å². The molecule has 0 aromatic heterocycles. The van der Waals surface area contributed by atoms with Crippen molar-refractivity contribution >= 4 is 35.2 Å². The van der Waals surface area contributed by atoms with E-state index in [1.165, 1.54) is 23.1 Å². The summed E-state index contributed by atoms with van der Waals surface area (Å²) in [6.07, 6.45) is 0. The van der Waals surface area contributed by atoms with Crippen LogP contribution in [0.25, 0.3) is 0 Å². The Morgan fingerprint density at radius 2 is 1.33 bits per heavy atom. The number of fused-ring (bicyclic) bond motifs is 1. The van der Waals surface area contributed by atoms with Crippen LogP contribution in [-0.4, -0.2) is 47.2 Å². The Balaban J connectivity index is 1.58. The second kappa shape index (κ2) is 8.28. The van der Waals surface area contributed by atoms with E-state index in [0.29, 0.717) is 16.1 Å². The molecule has 1 aliphatic rings. The van der Waals surface area contributed by atoms with Gasteiger partial charge in [0.1, 0.15) is 0 Å². The zero-order valence-electron chi connectivity index (χ0n) is 16.9. The second-order valence-electron chi connectivity index (χ2n) is 7.90. The van der Waals surface area contributed by atoms with E-state index >= 15 is 0 Å². The molecule has 0 saturated carbocycles. The van der Waals surface area contributed by atoms with Gasteiger partial charge in [-0.05, 0) is 63.2 Å². The number of halogens is 1. The van der Waals surface area contributed by atoms with Gasteiger partial charge in [0, 0.05) is 34.8 Å². The molecule has 0 spiro atoms. The standard InChI is InChI=1S/C22H22ClN3O4/c1-22(2,3)26-20(29)16-9-6-14(12-17(16)21(26)30)19(28)25-11-10-24-18(27)13-4-7-15(23)8-5-13/h4-9,12H,10-11H2,1-3H3,(H,24,27)(H,25,28). The fourth-order valence-corrected chi connectivity index (χ4v) is 3.27. The molecular formula is C22H22ClN3O4. The van der Waals surface area contributed by atoms with Crippen LogP contribution >= 0.6 is 11.6 Å². The first kappa shape index (κ1) is 21.5. The average Bonchev–Trinajstić information content (AvgIpc) is 2.95. The molecule has 0 bridgehead atoms. The number of nitrogens with one attached hydrogen (secondary N) is 2. The van der Waals surface area contributed by atoms with Crippen molar-refractivity contribution in [3.05, 3.63) is 69.7 Å². The van der Waals surface area contributed by atoms with Crippen LogP contribution in [-0.2, 0) is 0 Å². The first-order valence-electron chi connectivity index (χ1n) is 9.44. The topological polar surface area (TPSA) is 95.6 Å². The Morgan fingerprint density at radius 3 is 1.90 bits per heavy atom. The monoisotopic (exact) mass is 427 g/mol. The molecule has 1 heterocycles. The first-order chi connectivity index (χ1) is 14.1. The molecule has 2 aromatic rings. The predicted molar refractivity (Wildman–Crippen MR) is 113 cm³/mol. The number of rotatable bonds is 5. The summed E-state index contributed by atoms with van der Waals surface area (Å²) in [5, 5.41) is 5.93. The molecule has 0 fully saturated rings. The highest BCUT2D eigenvalue weighted by Gasteiger charge is 2.42. The van der Waals surface area contributed by atoms with E-state index in [4.69, 9.17) is 11.6 Å². The van der Waals surface area contributed by atoms with Gasteiger partial charge in [0.05, 0.1) is 11.1 Å². The molecule has 4 amide bonds. The van der Waals surface area contributed by atoms with Gasteiger partial charge in [0.15, 0.2) is 0 Å². The molecule has 0 radical (unpaired) electrons. The fraction of sp³-hybridized carbons (Fsp3) is 0.273. The zero-order valence-corrected chi connectivity index (χ0v) is 17.7. The molecule has 30 heavy (non-hydrogen) atoms. The van der Waals surface area contributed by atoms with Crippen molar-refractivity contribution in [3.63, 3.8) is 0 Å². The van der Waals surface area contributed by atoms with Crippen molar-refractivity contribution in [3.8, 4) is 0 Å². The third-order valence-electron chi connectivity index (χ3n) is 4.62. The minimum Gasteiger partial charge on any atom is -0.350 e. The van der Waals surface area contributed by atoms with Crippen molar-refractivity contribution in [1.29, 1.82) is 0 Å². The summed E-state index contributed by atoms with van der Waals surface area (Å²) < 4.78 is 0. The summed E-state index contributed by atoms with van der Waals surface area (Å²) in [4.78, 5) is 50.8. The fourth-order valence-electron chi connectivity index (χ4n) is 3.15. The highest BCUT2D eigenvalue weighted by molar-refractivity contribution is 6.30. The minimum atomic E-state index is -0.655. The lowest BCUT2D eigenvalue weighted by Gasteiger charge is -2.29. The quantitative estimate of drug-likeness (QED) is 0.566. The number of imide groups is 1. The Hall–Kier alpha value is -3.19. The smallest absolute Gasteiger partial charge is 0.262 e. The number of carbonyl (C=O) groups excluding carboxylic acids is 4. The van der Waals surface area contributed by atoms with Gasteiger partial charge >= 0.3 is 0 Å². The highest BCUT2D eigenvalue weighted by atomic mass is 35.5. The molecule has 0 unspecified atom stereocenters. The molecule has 2 N–H and O–H groups in total. The lowest BCUT2D eigenvalue weighted by molar-refractivity contribution is 0.0507. The maximum absolute atomic E-state index is 12.6. The van der Waals surface area contributed by atoms with Crippen molar-refractivity contribution in [2.75, 3.05) is 13.1 Å². The lowest BCUT2D eigenvalue weighted by Crippen LogP contribution is -2.45. The summed E-state index contributed by atoms with van der Waals surface area (Å²) in [6.45, 7) is 5.77. The molecular weight excluding hydrogens is 406 g/mol. The normalized spacial score (nSPS) is 13.3. The van der Waals surface area contributed by atoms with Crippen LogP contribution in [0.3, 0.4) is 0 Å². The summed E-state index contributed by atoms with van der Waals surface area (Å²) in [7, 11) is 0. The van der Waals surface area contributed by atoms with Crippen LogP contribution in [0.15, 0.2) is 42.5 Å². The zero-order chi connectivity index (χ0) is 22.1. The minimum absolute atomic E-state index is 0.205. The van der Waals surface area contributed by atoms with Gasteiger partial charge < -0.3 is 10.6 Å². The van der Waals surface area contributed by atoms with E-state index in [0.717, 1.165) is 0 Å². The molecule has 156 valence electrons. The predicted octanol–water partition coefficient (Wildman–Crippen LogP) is 2.89. The van der Waals surface area contributed by atoms with Gasteiger partial charge in [-0.2, -0.15) is 0 Å². The Morgan fingerprint density at radius 1 is 0.833 bits per heavy atom. The van der Waals surface area contributed by atoms with E-state index in [1.54, 1.807) is 45.0 Å². The Bertz CT molecular complexity index is 1030. The summed E-state index contributed by atoms with van der Waals surface area (Å²) in [5.41, 5.74) is 0.601. The average molecular weight is 428 g/mol. The Labute approximate surface area is 179 Å². The number of benzene rings is 2. The number of amides is 4. The van der Waals surface area contributed by atoms with Gasteiger partial charge in [-0.1, -0.05) is 11.6 Å². The molecule has 2 aromatic carbocycles. The Kier molecular flexibility index (Phi) is 5.94. The molecule has 0 atom stereocenters. The number of carbonyl (C=O) groups is 4. The molecule has 7 nitrogen and oxygen atoms in total. The number of hydrogen-bond acceptors (Lipinski definition) is 4. The van der Waals surface area contributed by atoms with E-state index < -0.39 is 17.4 Å². The van der Waals surface area contributed by atoms with Crippen LogP contribution in [0.5, 0.6) is 0 Å². The molecule has 0 saturated heterocycles. The van der Waals surface area contributed by atoms with Gasteiger partial charge in [0.25, 0.3) is 23.6 Å². The van der Waals surface area contributed by atoms with Gasteiger partial charge in [-0.25, -0.2) is 0 Å². The third-order valence-corrected chi connectivity index (χ3v) is 4.87. The highest BCUT2D eigenvalue weighted by Crippen LogP contribution is 2.29. The summed E-state index contributed by atoms with van der Waals surface area (Å²) in [6, 6.07) is 10.9. The summed E-state index contributed by atoms with van der Waals surface area (Å²) in [5.74, 6) is -1.44. The van der Waals surface area contributed by atoms with E-state index in [-0.39, 0.29) is 36.0 Å². The molecule has 8 heteroatoms. The number of hydrogen-bond donors (Lipinski definition) is 2.